The molecule has 0 aliphatic carbocycles. The maximum atomic E-state index is 2.46. The van der Waals surface area contributed by atoms with Gasteiger partial charge in [-0.05, 0) is 0 Å². The van der Waals surface area contributed by atoms with Gasteiger partial charge in [-0.2, -0.15) is 0 Å². The van der Waals surface area contributed by atoms with Crippen LogP contribution in [0.2, 0.25) is 13.3 Å². The van der Waals surface area contributed by atoms with Crippen molar-refractivity contribution < 1.29 is 0 Å². The van der Waals surface area contributed by atoms with Crippen LogP contribution in [0.5, 0.6) is 0 Å². The van der Waals surface area contributed by atoms with E-state index in [9.17, 15) is 0 Å². The molecule has 0 spiro atoms. The number of hydrogen-bond donors (Lipinski definition) is 0. The van der Waals surface area contributed by atoms with Crippen molar-refractivity contribution in [1.29, 1.82) is 0 Å². The van der Waals surface area contributed by atoms with E-state index in [0.717, 1.165) is 0 Å². The molecule has 32 heavy (non-hydrogen) atoms. The van der Waals surface area contributed by atoms with Gasteiger partial charge in [-0.1, -0.05) is 0 Å². The zero-order chi connectivity index (χ0) is 23.3. The molecule has 0 aromatic heterocycles. The quantitative estimate of drug-likeness (QED) is 0.111. The molecular weight excluding hydrogens is 531 g/mol. The van der Waals surface area contributed by atoms with Gasteiger partial charge in [-0.3, -0.25) is 0 Å². The summed E-state index contributed by atoms with van der Waals surface area (Å²) in [7, 11) is 0. The second-order valence-corrected chi connectivity index (χ2v) is 28.9. The second kappa shape index (κ2) is 15.0. The molecule has 0 heterocycles. The van der Waals surface area contributed by atoms with Crippen LogP contribution < -0.4 is 0 Å². The Kier molecular flexibility index (Phi) is 13.2. The van der Waals surface area contributed by atoms with Crippen LogP contribution in [0.15, 0.2) is 70.5 Å². The standard InChI is InChI=1S/C17H19S2.3C4H9.Sn/c1-14(2)13-17(18-15-9-5-3-6-10-15)19-16-11-7-4-8-12-16;3*1-3-4-2;/h3-12,14H,13H2,1-2H3;3*1,3-4H2,2H3;. The first-order valence-electron chi connectivity index (χ1n) is 13.0. The minimum absolute atomic E-state index is 0.338. The molecule has 2 aromatic carbocycles. The SMILES string of the molecule is CCC[CH2][Sn]([CH2]CCC)([CH2]CCC)[C](CC(C)C)(Sc1ccccc1)Sc1ccccc1. The first kappa shape index (κ1) is 28.2. The molecule has 0 nitrogen and oxygen atoms in total. The van der Waals surface area contributed by atoms with Crippen LogP contribution in [0, 0.1) is 5.92 Å². The molecule has 0 N–H and O–H groups in total. The number of thioether (sulfide) groups is 2. The fraction of sp³-hybridized carbons (Fsp3) is 0.586. The molecule has 0 saturated heterocycles. The molecule has 2 rings (SSSR count). The van der Waals surface area contributed by atoms with E-state index in [-0.39, 0.29) is 0 Å². The number of rotatable bonds is 16. The van der Waals surface area contributed by atoms with E-state index < -0.39 is 18.4 Å². The van der Waals surface area contributed by atoms with Crippen LogP contribution in [0.4, 0.5) is 0 Å². The predicted octanol–water partition coefficient (Wildman–Crippen LogP) is 10.7. The predicted molar refractivity (Wildman–Crippen MR) is 152 cm³/mol. The molecule has 0 radical (unpaired) electrons. The Morgan fingerprint density at radius 1 is 0.656 bits per heavy atom. The summed E-state index contributed by atoms with van der Waals surface area (Å²) in [6, 6.07) is 22.7. The number of benzene rings is 2. The van der Waals surface area contributed by atoms with Crippen molar-refractivity contribution in [3.8, 4) is 0 Å². The summed E-state index contributed by atoms with van der Waals surface area (Å²) in [6.45, 7) is 12.1. The Morgan fingerprint density at radius 2 is 1.03 bits per heavy atom. The van der Waals surface area contributed by atoms with Gasteiger partial charge in [0, 0.05) is 0 Å². The monoisotopic (exact) mass is 578 g/mol. The van der Waals surface area contributed by atoms with Gasteiger partial charge >= 0.3 is 213 Å². The molecule has 0 unspecified atom stereocenters. The van der Waals surface area contributed by atoms with E-state index in [1.54, 1.807) is 13.3 Å². The normalized spacial score (nSPS) is 12.4. The Labute approximate surface area is 212 Å². The van der Waals surface area contributed by atoms with E-state index in [1.807, 2.05) is 0 Å². The average Bonchev–Trinajstić information content (AvgIpc) is 2.79. The van der Waals surface area contributed by atoms with Crippen LogP contribution >= 0.6 is 23.5 Å². The fourth-order valence-corrected chi connectivity index (χ4v) is 34.7. The first-order valence-corrected chi connectivity index (χ1v) is 22.1. The van der Waals surface area contributed by atoms with Crippen molar-refractivity contribution in [2.75, 3.05) is 0 Å². The second-order valence-electron chi connectivity index (χ2n) is 9.77. The summed E-state index contributed by atoms with van der Waals surface area (Å²) in [4.78, 5) is 2.95. The van der Waals surface area contributed by atoms with Gasteiger partial charge in [0.1, 0.15) is 0 Å². The summed E-state index contributed by atoms with van der Waals surface area (Å²) in [5, 5.41) is 0. The van der Waals surface area contributed by atoms with Crippen LogP contribution in [0.25, 0.3) is 0 Å². The van der Waals surface area contributed by atoms with E-state index in [0.29, 0.717) is 8.01 Å². The minimum atomic E-state index is -2.65. The summed E-state index contributed by atoms with van der Waals surface area (Å²) >= 11 is 1.90. The van der Waals surface area contributed by atoms with Gasteiger partial charge in [-0.25, -0.2) is 0 Å². The molecule has 0 bridgehead atoms. The van der Waals surface area contributed by atoms with Gasteiger partial charge in [0.05, 0.1) is 0 Å². The van der Waals surface area contributed by atoms with Crippen molar-refractivity contribution in [2.24, 2.45) is 5.92 Å². The molecule has 178 valence electrons. The summed E-state index contributed by atoms with van der Waals surface area (Å²) in [6.07, 6.45) is 9.61. The van der Waals surface area contributed by atoms with Crippen LogP contribution in [-0.2, 0) is 0 Å². The zero-order valence-electron chi connectivity index (χ0n) is 21.2. The topological polar surface area (TPSA) is 0 Å². The van der Waals surface area contributed by atoms with Gasteiger partial charge in [0.2, 0.25) is 0 Å². The Balaban J connectivity index is 2.67. The summed E-state index contributed by atoms with van der Waals surface area (Å²) in [5.74, 6) is 0.711. The van der Waals surface area contributed by atoms with Crippen LogP contribution in [-0.4, -0.2) is 20.5 Å². The van der Waals surface area contributed by atoms with Gasteiger partial charge in [0.15, 0.2) is 0 Å². The Morgan fingerprint density at radius 3 is 1.34 bits per heavy atom. The van der Waals surface area contributed by atoms with Crippen molar-refractivity contribution in [3.05, 3.63) is 60.7 Å². The molecule has 0 aliphatic heterocycles. The Hall–Kier alpha value is -0.0613. The molecule has 0 aliphatic rings. The van der Waals surface area contributed by atoms with Crippen LogP contribution in [0.3, 0.4) is 0 Å². The third-order valence-corrected chi connectivity index (χ3v) is 33.0. The van der Waals surface area contributed by atoms with Crippen molar-refractivity contribution in [2.45, 2.75) is 105 Å². The van der Waals surface area contributed by atoms with Gasteiger partial charge in [-0.15, -0.1) is 0 Å². The molecule has 2 aromatic rings. The van der Waals surface area contributed by atoms with Gasteiger partial charge in [0.25, 0.3) is 0 Å². The molecule has 0 atom stereocenters. The molecular formula is C29H46S2Sn. The van der Waals surface area contributed by atoms with Crippen molar-refractivity contribution in [1.82, 2.24) is 0 Å². The molecule has 0 saturated carbocycles. The first-order chi connectivity index (χ1) is 15.5. The van der Waals surface area contributed by atoms with Crippen molar-refractivity contribution in [3.63, 3.8) is 0 Å². The average molecular weight is 578 g/mol. The van der Waals surface area contributed by atoms with E-state index >= 15 is 0 Å². The Bertz CT molecular complexity index is 666. The molecule has 3 heteroatoms. The fourth-order valence-electron chi connectivity index (χ4n) is 4.92. The number of unbranched alkanes of at least 4 members (excludes halogenated alkanes) is 3. The molecule has 0 fully saturated rings. The van der Waals surface area contributed by atoms with E-state index in [1.165, 1.54) is 54.7 Å². The van der Waals surface area contributed by atoms with Crippen LogP contribution in [0.1, 0.15) is 79.6 Å². The summed E-state index contributed by atoms with van der Waals surface area (Å²) < 4.78 is 5.00. The van der Waals surface area contributed by atoms with Crippen molar-refractivity contribution >= 4 is 41.9 Å². The van der Waals surface area contributed by atoms with E-state index in [4.69, 9.17) is 0 Å². The maximum absolute atomic E-state index is 2.65. The third kappa shape index (κ3) is 8.31. The van der Waals surface area contributed by atoms with E-state index in [2.05, 4.69) is 119 Å². The molecule has 0 amide bonds. The number of hydrogen-bond acceptors (Lipinski definition) is 2. The van der Waals surface area contributed by atoms with Gasteiger partial charge < -0.3 is 0 Å². The third-order valence-electron chi connectivity index (χ3n) is 6.56. The summed E-state index contributed by atoms with van der Waals surface area (Å²) in [5.41, 5.74) is 0. The zero-order valence-corrected chi connectivity index (χ0v) is 25.7.